The molecule has 6 nitrogen and oxygen atoms in total. The van der Waals surface area contributed by atoms with E-state index >= 15 is 0 Å². The minimum Gasteiger partial charge on any atom is -0.497 e. The van der Waals surface area contributed by atoms with E-state index in [4.69, 9.17) is 14.2 Å². The standard InChI is InChI=1S/C18H18N2O4S/c1-22-12-7-5-11(6-8-12)20-17(21)16-14(19-18(20)25-4)9-13(23-2)10-15(16)24-3/h5-10H,1-4H3. The molecule has 0 fully saturated rings. The first kappa shape index (κ1) is 17.2. The number of ether oxygens (including phenoxy) is 3. The Balaban J connectivity index is 2.34. The summed E-state index contributed by atoms with van der Waals surface area (Å²) in [6, 6.07) is 10.7. The lowest BCUT2D eigenvalue weighted by atomic mass is 10.2. The number of thioether (sulfide) groups is 1. The van der Waals surface area contributed by atoms with E-state index in [1.165, 1.54) is 18.9 Å². The topological polar surface area (TPSA) is 62.6 Å². The third-order valence-electron chi connectivity index (χ3n) is 3.85. The monoisotopic (exact) mass is 358 g/mol. The van der Waals surface area contributed by atoms with Gasteiger partial charge in [0.25, 0.3) is 5.56 Å². The van der Waals surface area contributed by atoms with Crippen LogP contribution in [-0.4, -0.2) is 37.1 Å². The summed E-state index contributed by atoms with van der Waals surface area (Å²) in [5, 5.41) is 0.995. The Bertz CT molecular complexity index is 967. The first-order valence-corrected chi connectivity index (χ1v) is 8.72. The highest BCUT2D eigenvalue weighted by Gasteiger charge is 2.17. The van der Waals surface area contributed by atoms with E-state index in [0.29, 0.717) is 33.2 Å². The zero-order chi connectivity index (χ0) is 18.0. The van der Waals surface area contributed by atoms with Crippen LogP contribution in [0.1, 0.15) is 0 Å². The van der Waals surface area contributed by atoms with E-state index < -0.39 is 0 Å². The molecule has 0 saturated heterocycles. The van der Waals surface area contributed by atoms with Crippen molar-refractivity contribution in [2.75, 3.05) is 27.6 Å². The Hall–Kier alpha value is -2.67. The lowest BCUT2D eigenvalue weighted by Crippen LogP contribution is -2.22. The van der Waals surface area contributed by atoms with Crippen molar-refractivity contribution in [1.82, 2.24) is 9.55 Å². The molecule has 0 N–H and O–H groups in total. The highest BCUT2D eigenvalue weighted by Crippen LogP contribution is 2.30. The molecule has 3 aromatic rings. The van der Waals surface area contributed by atoms with E-state index in [1.807, 2.05) is 18.4 Å². The maximum atomic E-state index is 13.2. The zero-order valence-corrected chi connectivity index (χ0v) is 15.2. The molecule has 0 atom stereocenters. The number of benzene rings is 2. The number of hydrogen-bond acceptors (Lipinski definition) is 6. The average Bonchev–Trinajstić information content (AvgIpc) is 2.66. The van der Waals surface area contributed by atoms with Gasteiger partial charge in [-0.1, -0.05) is 11.8 Å². The molecule has 130 valence electrons. The van der Waals surface area contributed by atoms with Crippen LogP contribution < -0.4 is 19.8 Å². The molecule has 0 amide bonds. The molecular weight excluding hydrogens is 340 g/mol. The summed E-state index contributed by atoms with van der Waals surface area (Å²) >= 11 is 1.40. The maximum absolute atomic E-state index is 13.2. The summed E-state index contributed by atoms with van der Waals surface area (Å²) in [7, 11) is 4.69. The largest absolute Gasteiger partial charge is 0.497 e. The molecule has 2 aromatic carbocycles. The van der Waals surface area contributed by atoms with Gasteiger partial charge in [0.05, 0.1) is 32.5 Å². The second-order valence-electron chi connectivity index (χ2n) is 5.16. The number of rotatable bonds is 5. The van der Waals surface area contributed by atoms with Crippen molar-refractivity contribution in [1.29, 1.82) is 0 Å². The van der Waals surface area contributed by atoms with Gasteiger partial charge in [-0.25, -0.2) is 4.98 Å². The maximum Gasteiger partial charge on any atom is 0.270 e. The van der Waals surface area contributed by atoms with Crippen LogP contribution in [0.15, 0.2) is 46.3 Å². The molecule has 0 aliphatic rings. The van der Waals surface area contributed by atoms with Crippen LogP contribution in [0.2, 0.25) is 0 Å². The van der Waals surface area contributed by atoms with Gasteiger partial charge >= 0.3 is 0 Å². The fourth-order valence-corrected chi connectivity index (χ4v) is 3.17. The fraction of sp³-hybridized carbons (Fsp3) is 0.222. The van der Waals surface area contributed by atoms with E-state index in [1.54, 1.807) is 43.1 Å². The minimum atomic E-state index is -0.195. The smallest absolute Gasteiger partial charge is 0.270 e. The SMILES string of the molecule is COc1ccc(-n2c(SC)nc3cc(OC)cc(OC)c3c2=O)cc1. The van der Waals surface area contributed by atoms with Gasteiger partial charge in [-0.3, -0.25) is 9.36 Å². The summed E-state index contributed by atoms with van der Waals surface area (Å²) in [6.07, 6.45) is 1.88. The molecule has 0 saturated carbocycles. The third-order valence-corrected chi connectivity index (χ3v) is 4.49. The zero-order valence-electron chi connectivity index (χ0n) is 14.4. The van der Waals surface area contributed by atoms with Crippen LogP contribution >= 0.6 is 11.8 Å². The highest BCUT2D eigenvalue weighted by atomic mass is 32.2. The molecular formula is C18H18N2O4S. The normalized spacial score (nSPS) is 10.7. The van der Waals surface area contributed by atoms with Crippen molar-refractivity contribution < 1.29 is 14.2 Å². The predicted molar refractivity (Wildman–Crippen MR) is 98.8 cm³/mol. The van der Waals surface area contributed by atoms with Crippen LogP contribution in [0.4, 0.5) is 0 Å². The number of hydrogen-bond donors (Lipinski definition) is 0. The first-order chi connectivity index (χ1) is 12.1. The molecule has 0 unspecified atom stereocenters. The Morgan fingerprint density at radius 3 is 2.20 bits per heavy atom. The van der Waals surface area contributed by atoms with E-state index in [2.05, 4.69) is 4.98 Å². The molecule has 0 aliphatic heterocycles. The summed E-state index contributed by atoms with van der Waals surface area (Å²) in [5.74, 6) is 1.74. The Morgan fingerprint density at radius 2 is 1.64 bits per heavy atom. The Kier molecular flexibility index (Phi) is 4.85. The molecule has 0 spiro atoms. The molecule has 3 rings (SSSR count). The molecule has 0 bridgehead atoms. The van der Waals surface area contributed by atoms with Crippen molar-refractivity contribution in [3.63, 3.8) is 0 Å². The number of nitrogens with zero attached hydrogens (tertiary/aromatic N) is 2. The first-order valence-electron chi connectivity index (χ1n) is 7.50. The van der Waals surface area contributed by atoms with Gasteiger partial charge in [0.2, 0.25) is 0 Å². The van der Waals surface area contributed by atoms with Crippen LogP contribution in [0, 0.1) is 0 Å². The highest BCUT2D eigenvalue weighted by molar-refractivity contribution is 7.98. The molecule has 0 aliphatic carbocycles. The number of aromatic nitrogens is 2. The number of methoxy groups -OCH3 is 3. The second kappa shape index (κ2) is 7.06. The van der Waals surface area contributed by atoms with Gasteiger partial charge < -0.3 is 14.2 Å². The van der Waals surface area contributed by atoms with Gasteiger partial charge in [0.15, 0.2) is 5.16 Å². The van der Waals surface area contributed by atoms with E-state index in [9.17, 15) is 4.79 Å². The fourth-order valence-electron chi connectivity index (χ4n) is 2.61. The third kappa shape index (κ3) is 3.02. The van der Waals surface area contributed by atoms with Crippen LogP contribution in [-0.2, 0) is 0 Å². The predicted octanol–water partition coefficient (Wildman–Crippen LogP) is 3.13. The Labute approximate surface area is 149 Å². The van der Waals surface area contributed by atoms with Crippen molar-refractivity contribution in [2.24, 2.45) is 0 Å². The summed E-state index contributed by atoms with van der Waals surface area (Å²) < 4.78 is 17.4. The van der Waals surface area contributed by atoms with Gasteiger partial charge in [0.1, 0.15) is 22.6 Å². The lowest BCUT2D eigenvalue weighted by Gasteiger charge is -2.14. The molecule has 0 radical (unpaired) electrons. The van der Waals surface area contributed by atoms with Gasteiger partial charge in [-0.05, 0) is 30.5 Å². The van der Waals surface area contributed by atoms with Crippen LogP contribution in [0.25, 0.3) is 16.6 Å². The molecule has 25 heavy (non-hydrogen) atoms. The van der Waals surface area contributed by atoms with Crippen LogP contribution in [0.5, 0.6) is 17.2 Å². The Morgan fingerprint density at radius 1 is 0.960 bits per heavy atom. The summed E-state index contributed by atoms with van der Waals surface area (Å²) in [5.41, 5.74) is 1.05. The van der Waals surface area contributed by atoms with E-state index in [0.717, 1.165) is 5.75 Å². The van der Waals surface area contributed by atoms with Crippen LogP contribution in [0.3, 0.4) is 0 Å². The van der Waals surface area contributed by atoms with Crippen molar-refractivity contribution in [3.05, 3.63) is 46.8 Å². The number of fused-ring (bicyclic) bond motifs is 1. The quantitative estimate of drug-likeness (QED) is 0.516. The van der Waals surface area contributed by atoms with E-state index in [-0.39, 0.29) is 5.56 Å². The van der Waals surface area contributed by atoms with Crippen molar-refractivity contribution in [3.8, 4) is 22.9 Å². The van der Waals surface area contributed by atoms with Gasteiger partial charge in [-0.2, -0.15) is 0 Å². The van der Waals surface area contributed by atoms with Crippen molar-refractivity contribution in [2.45, 2.75) is 5.16 Å². The molecule has 7 heteroatoms. The summed E-state index contributed by atoms with van der Waals surface area (Å²) in [6.45, 7) is 0. The average molecular weight is 358 g/mol. The minimum absolute atomic E-state index is 0.195. The lowest BCUT2D eigenvalue weighted by molar-refractivity contribution is 0.397. The van der Waals surface area contributed by atoms with Gasteiger partial charge in [-0.15, -0.1) is 0 Å². The second-order valence-corrected chi connectivity index (χ2v) is 5.93. The summed E-state index contributed by atoms with van der Waals surface area (Å²) in [4.78, 5) is 17.8. The van der Waals surface area contributed by atoms with Gasteiger partial charge in [0, 0.05) is 12.1 Å². The molecule has 1 heterocycles. The molecule has 1 aromatic heterocycles. The van der Waals surface area contributed by atoms with Crippen molar-refractivity contribution >= 4 is 22.7 Å².